The van der Waals surface area contributed by atoms with Gasteiger partial charge >= 0.3 is 0 Å². The Morgan fingerprint density at radius 3 is 2.77 bits per heavy atom. The van der Waals surface area contributed by atoms with Gasteiger partial charge in [0.2, 0.25) is 11.8 Å². The van der Waals surface area contributed by atoms with Crippen LogP contribution in [0.2, 0.25) is 0 Å². The van der Waals surface area contributed by atoms with E-state index in [0.29, 0.717) is 18.9 Å². The van der Waals surface area contributed by atoms with Gasteiger partial charge in [-0.05, 0) is 48.9 Å². The topological polar surface area (TPSA) is 59.1 Å². The quantitative estimate of drug-likeness (QED) is 0.637. The van der Waals surface area contributed by atoms with E-state index >= 15 is 0 Å². The van der Waals surface area contributed by atoms with Crippen molar-refractivity contribution in [3.05, 3.63) is 46.2 Å². The third-order valence-electron chi connectivity index (χ3n) is 5.70. The number of benzene rings is 1. The molecule has 3 rings (SSSR count). The Morgan fingerprint density at radius 1 is 1.30 bits per heavy atom. The Hall–Kier alpha value is -2.54. The fourth-order valence-corrected chi connectivity index (χ4v) is 4.70. The number of amides is 2. The number of hydrogen-bond acceptors (Lipinski definition) is 5. The number of ether oxygens (including phenoxy) is 2. The number of fused-ring (bicyclic) bond motifs is 1. The second-order valence-electron chi connectivity index (χ2n) is 7.55. The molecule has 7 heteroatoms. The molecule has 1 aromatic carbocycles. The predicted molar refractivity (Wildman–Crippen MR) is 118 cm³/mol. The van der Waals surface area contributed by atoms with Gasteiger partial charge in [-0.3, -0.25) is 9.59 Å². The maximum absolute atomic E-state index is 13.2. The van der Waals surface area contributed by atoms with Gasteiger partial charge in [0, 0.05) is 30.5 Å². The SMILES string of the molecule is CCC(C)N(CC(=O)N1CCc2sccc2C1COc1cccc(OC)c1)C(C)=O. The molecule has 1 aliphatic rings. The minimum absolute atomic E-state index is 0.0273. The van der Waals surface area contributed by atoms with Crippen LogP contribution in [0.25, 0.3) is 0 Å². The molecule has 6 nitrogen and oxygen atoms in total. The van der Waals surface area contributed by atoms with Gasteiger partial charge in [-0.25, -0.2) is 0 Å². The van der Waals surface area contributed by atoms with Crippen LogP contribution >= 0.6 is 11.3 Å². The molecule has 0 radical (unpaired) electrons. The van der Waals surface area contributed by atoms with Crippen molar-refractivity contribution in [2.45, 2.75) is 45.7 Å². The summed E-state index contributed by atoms with van der Waals surface area (Å²) >= 11 is 1.72. The van der Waals surface area contributed by atoms with Gasteiger partial charge in [0.1, 0.15) is 18.1 Å². The van der Waals surface area contributed by atoms with Gasteiger partial charge in [-0.1, -0.05) is 13.0 Å². The summed E-state index contributed by atoms with van der Waals surface area (Å²) < 4.78 is 11.3. The standard InChI is InChI=1S/C23H30N2O4S/c1-5-16(2)25(17(3)26)14-23(27)24-11-9-22-20(10-12-30-22)21(24)15-29-19-8-6-7-18(13-19)28-4/h6-8,10,12-13,16,21H,5,9,11,14-15H2,1-4H3. The Bertz CT molecular complexity index is 882. The van der Waals surface area contributed by atoms with Gasteiger partial charge in [-0.15, -0.1) is 11.3 Å². The average Bonchev–Trinajstić information content (AvgIpc) is 3.24. The molecule has 0 spiro atoms. The number of carbonyl (C=O) groups is 2. The zero-order valence-electron chi connectivity index (χ0n) is 18.1. The highest BCUT2D eigenvalue weighted by Crippen LogP contribution is 2.34. The maximum Gasteiger partial charge on any atom is 0.242 e. The van der Waals surface area contributed by atoms with E-state index in [2.05, 4.69) is 11.4 Å². The van der Waals surface area contributed by atoms with Crippen LogP contribution in [0.5, 0.6) is 11.5 Å². The molecule has 30 heavy (non-hydrogen) atoms. The Balaban J connectivity index is 1.78. The molecule has 2 amide bonds. The smallest absolute Gasteiger partial charge is 0.242 e. The number of hydrogen-bond donors (Lipinski definition) is 0. The fourth-order valence-electron chi connectivity index (χ4n) is 3.78. The molecule has 0 saturated heterocycles. The molecule has 0 aliphatic carbocycles. The minimum atomic E-state index is -0.176. The lowest BCUT2D eigenvalue weighted by molar-refractivity contribution is -0.143. The summed E-state index contributed by atoms with van der Waals surface area (Å²) in [7, 11) is 1.62. The first kappa shape index (κ1) is 22.2. The van der Waals surface area contributed by atoms with Crippen molar-refractivity contribution < 1.29 is 19.1 Å². The van der Waals surface area contributed by atoms with E-state index in [0.717, 1.165) is 24.2 Å². The van der Waals surface area contributed by atoms with Gasteiger partial charge in [0.05, 0.1) is 19.7 Å². The van der Waals surface area contributed by atoms with Crippen LogP contribution in [0.4, 0.5) is 0 Å². The van der Waals surface area contributed by atoms with Crippen molar-refractivity contribution >= 4 is 23.2 Å². The molecule has 0 fully saturated rings. The van der Waals surface area contributed by atoms with Crippen molar-refractivity contribution in [2.24, 2.45) is 0 Å². The summed E-state index contributed by atoms with van der Waals surface area (Å²) in [6, 6.07) is 9.40. The van der Waals surface area contributed by atoms with Crippen molar-refractivity contribution in [3.63, 3.8) is 0 Å². The number of methoxy groups -OCH3 is 1. The predicted octanol–water partition coefficient (Wildman–Crippen LogP) is 3.91. The van der Waals surface area contributed by atoms with E-state index in [9.17, 15) is 9.59 Å². The summed E-state index contributed by atoms with van der Waals surface area (Å²) in [5, 5.41) is 2.07. The highest BCUT2D eigenvalue weighted by atomic mass is 32.1. The molecule has 2 aromatic rings. The van der Waals surface area contributed by atoms with Crippen LogP contribution < -0.4 is 9.47 Å². The lowest BCUT2D eigenvalue weighted by Crippen LogP contribution is -2.49. The molecule has 1 aliphatic heterocycles. The van der Waals surface area contributed by atoms with Crippen LogP contribution in [0.3, 0.4) is 0 Å². The monoisotopic (exact) mass is 430 g/mol. The summed E-state index contributed by atoms with van der Waals surface area (Å²) in [5.41, 5.74) is 1.14. The van der Waals surface area contributed by atoms with Gasteiger partial charge in [-0.2, -0.15) is 0 Å². The van der Waals surface area contributed by atoms with Crippen LogP contribution in [-0.2, 0) is 16.0 Å². The van der Waals surface area contributed by atoms with Crippen LogP contribution in [-0.4, -0.2) is 54.5 Å². The number of thiophene rings is 1. The Kier molecular flexibility index (Phi) is 7.37. The molecule has 2 unspecified atom stereocenters. The fraction of sp³-hybridized carbons (Fsp3) is 0.478. The van der Waals surface area contributed by atoms with E-state index in [1.54, 1.807) is 23.3 Å². The molecule has 2 heterocycles. The van der Waals surface area contributed by atoms with Crippen LogP contribution in [0.1, 0.15) is 43.7 Å². The minimum Gasteiger partial charge on any atom is -0.497 e. The zero-order valence-corrected chi connectivity index (χ0v) is 18.9. The van der Waals surface area contributed by atoms with E-state index in [4.69, 9.17) is 9.47 Å². The lowest BCUT2D eigenvalue weighted by Gasteiger charge is -2.37. The molecular formula is C23H30N2O4S. The normalized spacial score (nSPS) is 16.5. The molecule has 0 saturated carbocycles. The molecule has 0 bridgehead atoms. The first-order chi connectivity index (χ1) is 14.4. The first-order valence-electron chi connectivity index (χ1n) is 10.3. The van der Waals surface area contributed by atoms with E-state index in [1.165, 1.54) is 11.8 Å². The average molecular weight is 431 g/mol. The molecular weight excluding hydrogens is 400 g/mol. The molecule has 2 atom stereocenters. The maximum atomic E-state index is 13.2. The molecule has 1 aromatic heterocycles. The van der Waals surface area contributed by atoms with Crippen molar-refractivity contribution in [2.75, 3.05) is 26.8 Å². The first-order valence-corrected chi connectivity index (χ1v) is 11.2. The van der Waals surface area contributed by atoms with Crippen LogP contribution in [0, 0.1) is 0 Å². The number of carbonyl (C=O) groups excluding carboxylic acids is 2. The summed E-state index contributed by atoms with van der Waals surface area (Å²) in [6.07, 6.45) is 1.64. The summed E-state index contributed by atoms with van der Waals surface area (Å²) in [6.45, 7) is 6.60. The highest BCUT2D eigenvalue weighted by molar-refractivity contribution is 7.10. The molecule has 0 N–H and O–H groups in total. The van der Waals surface area contributed by atoms with E-state index in [1.807, 2.05) is 43.0 Å². The largest absolute Gasteiger partial charge is 0.497 e. The Morgan fingerprint density at radius 2 is 2.07 bits per heavy atom. The second-order valence-corrected chi connectivity index (χ2v) is 8.55. The highest BCUT2D eigenvalue weighted by Gasteiger charge is 2.33. The van der Waals surface area contributed by atoms with E-state index < -0.39 is 0 Å². The van der Waals surface area contributed by atoms with Crippen molar-refractivity contribution in [3.8, 4) is 11.5 Å². The van der Waals surface area contributed by atoms with Gasteiger partial charge in [0.25, 0.3) is 0 Å². The zero-order chi connectivity index (χ0) is 21.7. The van der Waals surface area contributed by atoms with Crippen LogP contribution in [0.15, 0.2) is 35.7 Å². The van der Waals surface area contributed by atoms with Gasteiger partial charge < -0.3 is 19.3 Å². The second kappa shape index (κ2) is 9.98. The number of nitrogens with zero attached hydrogens (tertiary/aromatic N) is 2. The van der Waals surface area contributed by atoms with E-state index in [-0.39, 0.29) is 30.4 Å². The Labute approximate surface area is 182 Å². The lowest BCUT2D eigenvalue weighted by atomic mass is 10.00. The molecule has 162 valence electrons. The summed E-state index contributed by atoms with van der Waals surface area (Å²) in [4.78, 5) is 30.2. The number of rotatable bonds is 8. The third kappa shape index (κ3) is 4.95. The van der Waals surface area contributed by atoms with Crippen molar-refractivity contribution in [1.29, 1.82) is 0 Å². The third-order valence-corrected chi connectivity index (χ3v) is 6.69. The van der Waals surface area contributed by atoms with Gasteiger partial charge in [0.15, 0.2) is 0 Å². The summed E-state index contributed by atoms with van der Waals surface area (Å²) in [5.74, 6) is 1.32. The van der Waals surface area contributed by atoms with Crippen molar-refractivity contribution in [1.82, 2.24) is 9.80 Å².